The first kappa shape index (κ1) is 17.3. The van der Waals surface area contributed by atoms with Crippen molar-refractivity contribution in [1.82, 2.24) is 10.6 Å². The molecule has 0 aromatic heterocycles. The highest BCUT2D eigenvalue weighted by Gasteiger charge is 2.16. The van der Waals surface area contributed by atoms with E-state index in [9.17, 15) is 19.2 Å². The largest absolute Gasteiger partial charge is 0.347 e. The molecule has 0 unspecified atom stereocenters. The van der Waals surface area contributed by atoms with E-state index in [0.717, 1.165) is 0 Å². The van der Waals surface area contributed by atoms with Crippen LogP contribution >= 0.6 is 0 Å². The molecule has 0 saturated heterocycles. The van der Waals surface area contributed by atoms with Gasteiger partial charge < -0.3 is 10.6 Å². The highest BCUT2D eigenvalue weighted by atomic mass is 16.2. The summed E-state index contributed by atoms with van der Waals surface area (Å²) >= 11 is 0. The van der Waals surface area contributed by atoms with E-state index >= 15 is 0 Å². The van der Waals surface area contributed by atoms with Crippen LogP contribution in [0.25, 0.3) is 0 Å². The fourth-order valence-electron chi connectivity index (χ4n) is 1.27. The third kappa shape index (κ3) is 8.07. The Kier molecular flexibility index (Phi) is 8.41. The lowest BCUT2D eigenvalue weighted by molar-refractivity contribution is -0.130. The Morgan fingerprint density at radius 1 is 0.947 bits per heavy atom. The van der Waals surface area contributed by atoms with Crippen LogP contribution in [0.3, 0.4) is 0 Å². The van der Waals surface area contributed by atoms with Crippen LogP contribution in [0.2, 0.25) is 0 Å². The lowest BCUT2D eigenvalue weighted by Gasteiger charge is -2.13. The van der Waals surface area contributed by atoms with Crippen molar-refractivity contribution in [2.45, 2.75) is 52.5 Å². The number of Topliss-reactive ketones (excluding diaryl/α,β-unsaturated/α-hetero) is 2. The molecule has 2 N–H and O–H groups in total. The number of hydrogen-bond acceptors (Lipinski definition) is 4. The number of hydrogen-bond donors (Lipinski definition) is 2. The topological polar surface area (TPSA) is 92.3 Å². The van der Waals surface area contributed by atoms with Gasteiger partial charge in [-0.2, -0.15) is 0 Å². The first-order chi connectivity index (χ1) is 8.90. The molecule has 0 heterocycles. The molecule has 0 rings (SSSR count). The minimum Gasteiger partial charge on any atom is -0.347 e. The molecule has 0 spiro atoms. The minimum absolute atomic E-state index is 0.0146. The summed E-state index contributed by atoms with van der Waals surface area (Å²) in [4.78, 5) is 45.1. The van der Waals surface area contributed by atoms with Gasteiger partial charge in [0.1, 0.15) is 11.8 Å². The maximum absolute atomic E-state index is 11.5. The van der Waals surface area contributed by atoms with Crippen molar-refractivity contribution in [3.8, 4) is 0 Å². The molecule has 0 saturated carbocycles. The molecule has 0 aromatic rings. The zero-order chi connectivity index (χ0) is 14.8. The fourth-order valence-corrected chi connectivity index (χ4v) is 1.27. The Bertz CT molecular complexity index is 353. The Morgan fingerprint density at radius 2 is 1.53 bits per heavy atom. The van der Waals surface area contributed by atoms with Crippen LogP contribution in [0, 0.1) is 0 Å². The van der Waals surface area contributed by atoms with Gasteiger partial charge in [0.15, 0.2) is 5.78 Å². The van der Waals surface area contributed by atoms with Crippen molar-refractivity contribution >= 4 is 23.4 Å². The second kappa shape index (κ2) is 9.24. The maximum atomic E-state index is 11.5. The van der Waals surface area contributed by atoms with E-state index in [2.05, 4.69) is 10.6 Å². The molecule has 6 nitrogen and oxygen atoms in total. The second-order valence-electron chi connectivity index (χ2n) is 4.29. The number of carbonyl (C=O) groups excluding carboxylic acids is 4. The van der Waals surface area contributed by atoms with Gasteiger partial charge in [0.05, 0.1) is 6.54 Å². The summed E-state index contributed by atoms with van der Waals surface area (Å²) in [5, 5.41) is 4.93. The van der Waals surface area contributed by atoms with Crippen molar-refractivity contribution < 1.29 is 19.2 Å². The fraction of sp³-hybridized carbons (Fsp3) is 0.692. The normalized spacial score (nSPS) is 11.5. The van der Waals surface area contributed by atoms with Gasteiger partial charge in [-0.05, 0) is 6.92 Å². The van der Waals surface area contributed by atoms with Crippen molar-refractivity contribution in [3.63, 3.8) is 0 Å². The molecule has 6 heteroatoms. The molecule has 108 valence electrons. The van der Waals surface area contributed by atoms with E-state index in [1.807, 2.05) is 0 Å². The third-order valence-electron chi connectivity index (χ3n) is 2.65. The predicted octanol–water partition coefficient (Wildman–Crippen LogP) is 0.346. The molecule has 0 radical (unpaired) electrons. The summed E-state index contributed by atoms with van der Waals surface area (Å²) in [6, 6.07) is -0.714. The molecule has 0 aliphatic carbocycles. The lowest BCUT2D eigenvalue weighted by Crippen LogP contribution is -2.46. The van der Waals surface area contributed by atoms with Crippen molar-refractivity contribution in [1.29, 1.82) is 0 Å². The first-order valence-electron chi connectivity index (χ1n) is 6.51. The summed E-state index contributed by atoms with van der Waals surface area (Å²) < 4.78 is 0. The van der Waals surface area contributed by atoms with Crippen LogP contribution in [-0.2, 0) is 19.2 Å². The Labute approximate surface area is 113 Å². The molecule has 0 bridgehead atoms. The molecule has 19 heavy (non-hydrogen) atoms. The van der Waals surface area contributed by atoms with Crippen LogP contribution in [0.1, 0.15) is 46.5 Å². The summed E-state index contributed by atoms with van der Waals surface area (Å²) in [6.07, 6.45) is 1.03. The van der Waals surface area contributed by atoms with Crippen LogP contribution < -0.4 is 10.6 Å². The highest BCUT2D eigenvalue weighted by Crippen LogP contribution is 1.95. The quantitative estimate of drug-likeness (QED) is 0.632. The van der Waals surface area contributed by atoms with Crippen molar-refractivity contribution in [2.75, 3.05) is 6.54 Å². The summed E-state index contributed by atoms with van der Waals surface area (Å²) in [7, 11) is 0. The Hall–Kier alpha value is -1.72. The molecular weight excluding hydrogens is 248 g/mol. The zero-order valence-corrected chi connectivity index (χ0v) is 11.7. The van der Waals surface area contributed by atoms with Crippen LogP contribution in [0.15, 0.2) is 0 Å². The van der Waals surface area contributed by atoms with E-state index in [4.69, 9.17) is 0 Å². The van der Waals surface area contributed by atoms with Gasteiger partial charge >= 0.3 is 0 Å². The van der Waals surface area contributed by atoms with Crippen LogP contribution in [0.4, 0.5) is 0 Å². The Morgan fingerprint density at radius 3 is 2.05 bits per heavy atom. The van der Waals surface area contributed by atoms with Gasteiger partial charge in [0.25, 0.3) is 0 Å². The van der Waals surface area contributed by atoms with E-state index in [-0.39, 0.29) is 36.9 Å². The molecule has 0 aliphatic rings. The molecule has 0 aliphatic heterocycles. The summed E-state index contributed by atoms with van der Waals surface area (Å²) in [5.74, 6) is -0.801. The Balaban J connectivity index is 3.97. The number of nitrogens with one attached hydrogen (secondary N) is 2. The van der Waals surface area contributed by atoms with Gasteiger partial charge in [0, 0.05) is 25.7 Å². The highest BCUT2D eigenvalue weighted by molar-refractivity contribution is 5.91. The summed E-state index contributed by atoms with van der Waals surface area (Å²) in [6.45, 7) is 4.96. The third-order valence-corrected chi connectivity index (χ3v) is 2.65. The minimum atomic E-state index is -0.714. The second-order valence-corrected chi connectivity index (χ2v) is 4.29. The number of amides is 2. The van der Waals surface area contributed by atoms with Gasteiger partial charge in [-0.15, -0.1) is 0 Å². The maximum Gasteiger partial charge on any atom is 0.242 e. The van der Waals surface area contributed by atoms with Crippen molar-refractivity contribution in [2.24, 2.45) is 0 Å². The zero-order valence-electron chi connectivity index (χ0n) is 11.7. The standard InChI is InChI=1S/C13H22N2O4/c1-4-10(16)6-7-12(18)15-9(3)13(19)14-8-11(17)5-2/h9H,4-8H2,1-3H3,(H,14,19)(H,15,18)/t9-/m0/s1. The SMILES string of the molecule is CCC(=O)CCC(=O)N[C@@H](C)C(=O)NCC(=O)CC. The van der Waals surface area contributed by atoms with Gasteiger partial charge in [-0.3, -0.25) is 19.2 Å². The van der Waals surface area contributed by atoms with E-state index in [1.54, 1.807) is 13.8 Å². The molecule has 0 aromatic carbocycles. The molecule has 1 atom stereocenters. The van der Waals surface area contributed by atoms with Gasteiger partial charge in [-0.1, -0.05) is 13.8 Å². The van der Waals surface area contributed by atoms with Gasteiger partial charge in [0.2, 0.25) is 11.8 Å². The summed E-state index contributed by atoms with van der Waals surface area (Å²) in [5.41, 5.74) is 0. The first-order valence-corrected chi connectivity index (χ1v) is 6.51. The van der Waals surface area contributed by atoms with Gasteiger partial charge in [-0.25, -0.2) is 0 Å². The van der Waals surface area contributed by atoms with E-state index in [0.29, 0.717) is 12.8 Å². The number of ketones is 2. The monoisotopic (exact) mass is 270 g/mol. The van der Waals surface area contributed by atoms with E-state index in [1.165, 1.54) is 6.92 Å². The van der Waals surface area contributed by atoms with E-state index < -0.39 is 11.9 Å². The predicted molar refractivity (Wildman–Crippen MR) is 70.4 cm³/mol. The number of carbonyl (C=O) groups is 4. The smallest absolute Gasteiger partial charge is 0.242 e. The molecule has 2 amide bonds. The molecule has 0 fully saturated rings. The number of rotatable bonds is 9. The van der Waals surface area contributed by atoms with Crippen LogP contribution in [-0.4, -0.2) is 36.0 Å². The lowest BCUT2D eigenvalue weighted by atomic mass is 10.1. The average Bonchev–Trinajstić information content (AvgIpc) is 2.41. The van der Waals surface area contributed by atoms with Crippen LogP contribution in [0.5, 0.6) is 0 Å². The van der Waals surface area contributed by atoms with Crippen molar-refractivity contribution in [3.05, 3.63) is 0 Å². The molecular formula is C13H22N2O4. The average molecular weight is 270 g/mol.